The van der Waals surface area contributed by atoms with Crippen molar-refractivity contribution in [1.82, 2.24) is 9.78 Å². The Morgan fingerprint density at radius 2 is 2.16 bits per heavy atom. The Morgan fingerprint density at radius 1 is 1.58 bits per heavy atom. The number of hydrogen-bond donors (Lipinski definition) is 2. The fourth-order valence-corrected chi connectivity index (χ4v) is 1.57. The van der Waals surface area contributed by atoms with Crippen molar-refractivity contribution in [2.75, 3.05) is 11.9 Å². The molecule has 0 aliphatic rings. The molecule has 8 heteroatoms. The largest absolute Gasteiger partial charge is 0.481 e. The van der Waals surface area contributed by atoms with E-state index in [0.29, 0.717) is 12.2 Å². The van der Waals surface area contributed by atoms with Crippen LogP contribution in [-0.2, 0) is 11.3 Å². The maximum absolute atomic E-state index is 11.0. The minimum Gasteiger partial charge on any atom is -0.481 e. The number of aromatic nitrogens is 2. The normalized spacial score (nSPS) is 11.4. The lowest BCUT2D eigenvalue weighted by atomic mass is 9.94. The van der Waals surface area contributed by atoms with Crippen molar-refractivity contribution in [1.29, 1.82) is 0 Å². The van der Waals surface area contributed by atoms with E-state index in [2.05, 4.69) is 10.4 Å². The second kappa shape index (κ2) is 5.25. The number of carbonyl (C=O) groups is 1. The number of aryl methyl sites for hydroxylation is 2. The topological polar surface area (TPSA) is 110 Å². The van der Waals surface area contributed by atoms with Crippen LogP contribution < -0.4 is 5.32 Å². The molecule has 0 spiro atoms. The third kappa shape index (κ3) is 3.01. The summed E-state index contributed by atoms with van der Waals surface area (Å²) in [6, 6.07) is 0. The number of carboxylic acid groups (broad SMARTS) is 1. The van der Waals surface area contributed by atoms with Crippen LogP contribution in [0.1, 0.15) is 26.5 Å². The number of nitro groups is 1. The third-order valence-electron chi connectivity index (χ3n) is 2.85. The van der Waals surface area contributed by atoms with Gasteiger partial charge in [-0.15, -0.1) is 0 Å². The summed E-state index contributed by atoms with van der Waals surface area (Å²) < 4.78 is 1.46. The minimum atomic E-state index is -1.02. The molecular formula is C11H18N4O4. The van der Waals surface area contributed by atoms with Gasteiger partial charge in [0.25, 0.3) is 0 Å². The highest BCUT2D eigenvalue weighted by Gasteiger charge is 2.30. The molecule has 0 bridgehead atoms. The van der Waals surface area contributed by atoms with Crippen molar-refractivity contribution >= 4 is 17.5 Å². The zero-order valence-corrected chi connectivity index (χ0v) is 11.4. The first kappa shape index (κ1) is 14.9. The molecule has 106 valence electrons. The van der Waals surface area contributed by atoms with Gasteiger partial charge >= 0.3 is 11.7 Å². The zero-order chi connectivity index (χ0) is 14.8. The zero-order valence-electron chi connectivity index (χ0n) is 11.4. The second-order valence-electron chi connectivity index (χ2n) is 4.90. The van der Waals surface area contributed by atoms with Gasteiger partial charge in [-0.25, -0.2) is 4.68 Å². The summed E-state index contributed by atoms with van der Waals surface area (Å²) in [5.74, 6) is -0.721. The van der Waals surface area contributed by atoms with Crippen molar-refractivity contribution < 1.29 is 14.8 Å². The summed E-state index contributed by atoms with van der Waals surface area (Å²) in [7, 11) is 0. The number of anilines is 1. The molecule has 0 saturated carbocycles. The van der Waals surface area contributed by atoms with E-state index in [1.165, 1.54) is 4.68 Å². The van der Waals surface area contributed by atoms with E-state index in [4.69, 9.17) is 5.11 Å². The van der Waals surface area contributed by atoms with Gasteiger partial charge in [0.2, 0.25) is 5.82 Å². The van der Waals surface area contributed by atoms with E-state index >= 15 is 0 Å². The van der Waals surface area contributed by atoms with Crippen LogP contribution in [-0.4, -0.2) is 32.3 Å². The number of aliphatic carboxylic acids is 1. The fraction of sp³-hybridized carbons (Fsp3) is 0.636. The Kier molecular flexibility index (Phi) is 4.13. The summed E-state index contributed by atoms with van der Waals surface area (Å²) in [4.78, 5) is 21.5. The Balaban J connectivity index is 3.06. The van der Waals surface area contributed by atoms with Crippen molar-refractivity contribution in [3.8, 4) is 0 Å². The van der Waals surface area contributed by atoms with Crippen LogP contribution in [0.3, 0.4) is 0 Å². The molecule has 0 fully saturated rings. The predicted molar refractivity (Wildman–Crippen MR) is 69.2 cm³/mol. The molecule has 1 aromatic rings. The average Bonchev–Trinajstić information content (AvgIpc) is 2.62. The summed E-state index contributed by atoms with van der Waals surface area (Å²) >= 11 is 0. The predicted octanol–water partition coefficient (Wildman–Crippen LogP) is 1.64. The lowest BCUT2D eigenvalue weighted by molar-refractivity contribution is -0.384. The SMILES string of the molecule is CCn1nc(C)c([N+](=O)[O-])c1NCC(C)(C)C(=O)O. The molecule has 0 saturated heterocycles. The maximum Gasteiger partial charge on any atom is 0.333 e. The first-order valence-electron chi connectivity index (χ1n) is 5.89. The summed E-state index contributed by atoms with van der Waals surface area (Å²) in [6.07, 6.45) is 0. The smallest absolute Gasteiger partial charge is 0.333 e. The molecule has 0 unspecified atom stereocenters. The summed E-state index contributed by atoms with van der Waals surface area (Å²) in [5, 5.41) is 27.0. The van der Waals surface area contributed by atoms with Gasteiger partial charge in [0, 0.05) is 13.1 Å². The highest BCUT2D eigenvalue weighted by molar-refractivity contribution is 5.74. The van der Waals surface area contributed by atoms with Crippen molar-refractivity contribution in [2.45, 2.75) is 34.2 Å². The molecule has 0 aromatic carbocycles. The Hall–Kier alpha value is -2.12. The average molecular weight is 270 g/mol. The van der Waals surface area contributed by atoms with Gasteiger partial charge in [0.15, 0.2) is 0 Å². The minimum absolute atomic E-state index is 0.0777. The Morgan fingerprint density at radius 3 is 2.58 bits per heavy atom. The Labute approximate surface area is 110 Å². The van der Waals surface area contributed by atoms with E-state index in [-0.39, 0.29) is 18.1 Å². The van der Waals surface area contributed by atoms with Crippen molar-refractivity contribution in [3.63, 3.8) is 0 Å². The first-order valence-corrected chi connectivity index (χ1v) is 5.89. The molecule has 1 aromatic heterocycles. The van der Waals surface area contributed by atoms with Gasteiger partial charge in [0.1, 0.15) is 5.69 Å². The quantitative estimate of drug-likeness (QED) is 0.600. The van der Waals surface area contributed by atoms with Crippen LogP contribution in [0.25, 0.3) is 0 Å². The van der Waals surface area contributed by atoms with Gasteiger partial charge < -0.3 is 10.4 Å². The molecule has 0 aliphatic heterocycles. The maximum atomic E-state index is 11.0. The molecule has 0 atom stereocenters. The molecule has 2 N–H and O–H groups in total. The van der Waals surface area contributed by atoms with E-state index in [1.54, 1.807) is 20.8 Å². The van der Waals surface area contributed by atoms with Crippen LogP contribution in [0.4, 0.5) is 11.5 Å². The Bertz CT molecular complexity index is 507. The van der Waals surface area contributed by atoms with Crippen LogP contribution in [0, 0.1) is 22.5 Å². The molecule has 1 heterocycles. The van der Waals surface area contributed by atoms with Gasteiger partial charge in [-0.05, 0) is 27.7 Å². The van der Waals surface area contributed by atoms with Gasteiger partial charge in [-0.2, -0.15) is 5.10 Å². The third-order valence-corrected chi connectivity index (χ3v) is 2.85. The standard InChI is InChI=1S/C11H18N4O4/c1-5-14-9(8(15(18)19)7(2)13-14)12-6-11(3,4)10(16)17/h12H,5-6H2,1-4H3,(H,16,17). The molecule has 8 nitrogen and oxygen atoms in total. The summed E-state index contributed by atoms with van der Waals surface area (Å²) in [6.45, 7) is 7.00. The van der Waals surface area contributed by atoms with Crippen LogP contribution in [0.2, 0.25) is 0 Å². The lowest BCUT2D eigenvalue weighted by Crippen LogP contribution is -2.32. The van der Waals surface area contributed by atoms with Gasteiger partial charge in [-0.1, -0.05) is 0 Å². The van der Waals surface area contributed by atoms with Crippen molar-refractivity contribution in [2.24, 2.45) is 5.41 Å². The highest BCUT2D eigenvalue weighted by atomic mass is 16.6. The molecule has 1 rings (SSSR count). The second-order valence-corrected chi connectivity index (χ2v) is 4.90. The monoisotopic (exact) mass is 270 g/mol. The van der Waals surface area contributed by atoms with Gasteiger partial charge in [0.05, 0.1) is 10.3 Å². The number of carboxylic acids is 1. The molecule has 0 amide bonds. The fourth-order valence-electron chi connectivity index (χ4n) is 1.57. The lowest BCUT2D eigenvalue weighted by Gasteiger charge is -2.20. The van der Waals surface area contributed by atoms with Crippen LogP contribution >= 0.6 is 0 Å². The molecule has 0 aliphatic carbocycles. The van der Waals surface area contributed by atoms with E-state index in [9.17, 15) is 14.9 Å². The highest BCUT2D eigenvalue weighted by Crippen LogP contribution is 2.29. The number of nitrogens with zero attached hydrogens (tertiary/aromatic N) is 3. The number of rotatable bonds is 6. The van der Waals surface area contributed by atoms with E-state index < -0.39 is 16.3 Å². The van der Waals surface area contributed by atoms with E-state index in [0.717, 1.165) is 0 Å². The van der Waals surface area contributed by atoms with Crippen LogP contribution in [0.15, 0.2) is 0 Å². The molecule has 0 radical (unpaired) electrons. The first-order chi connectivity index (χ1) is 8.70. The van der Waals surface area contributed by atoms with E-state index in [1.807, 2.05) is 6.92 Å². The van der Waals surface area contributed by atoms with Gasteiger partial charge in [-0.3, -0.25) is 14.9 Å². The molecular weight excluding hydrogens is 252 g/mol. The number of nitrogens with one attached hydrogen (secondary N) is 1. The van der Waals surface area contributed by atoms with Crippen LogP contribution in [0.5, 0.6) is 0 Å². The van der Waals surface area contributed by atoms with Crippen molar-refractivity contribution in [3.05, 3.63) is 15.8 Å². The molecule has 19 heavy (non-hydrogen) atoms. The number of hydrogen-bond acceptors (Lipinski definition) is 5. The summed E-state index contributed by atoms with van der Waals surface area (Å²) in [5.41, 5.74) is -0.824.